The van der Waals surface area contributed by atoms with Crippen LogP contribution in [0.25, 0.3) is 10.1 Å². The number of carbonyl (C=O) groups excluding carboxylic acids is 2. The van der Waals surface area contributed by atoms with E-state index in [-0.39, 0.29) is 11.7 Å². The molecule has 23 heavy (non-hydrogen) atoms. The number of amides is 1. The van der Waals surface area contributed by atoms with Crippen LogP contribution in [-0.2, 0) is 4.79 Å². The highest BCUT2D eigenvalue weighted by atomic mass is 35.5. The van der Waals surface area contributed by atoms with E-state index in [4.69, 9.17) is 23.2 Å². The fourth-order valence-corrected chi connectivity index (χ4v) is 3.62. The first-order chi connectivity index (χ1) is 11.0. The van der Waals surface area contributed by atoms with Gasteiger partial charge in [0.05, 0.1) is 20.3 Å². The van der Waals surface area contributed by atoms with E-state index < -0.39 is 0 Å². The molecule has 0 radical (unpaired) electrons. The van der Waals surface area contributed by atoms with Gasteiger partial charge >= 0.3 is 0 Å². The van der Waals surface area contributed by atoms with Crippen LogP contribution in [0.1, 0.15) is 22.8 Å². The molecule has 2 aromatic heterocycles. The molecule has 0 saturated heterocycles. The molecule has 3 aromatic rings. The molecule has 1 amide bonds. The van der Waals surface area contributed by atoms with Crippen molar-refractivity contribution >= 4 is 61.3 Å². The summed E-state index contributed by atoms with van der Waals surface area (Å²) in [5.41, 5.74) is 0.837. The quantitative estimate of drug-likeness (QED) is 0.679. The van der Waals surface area contributed by atoms with Crippen molar-refractivity contribution < 1.29 is 9.59 Å². The maximum absolute atomic E-state index is 12.9. The van der Waals surface area contributed by atoms with Crippen molar-refractivity contribution in [2.24, 2.45) is 0 Å². The lowest BCUT2D eigenvalue weighted by atomic mass is 10.0. The van der Waals surface area contributed by atoms with E-state index in [1.54, 1.807) is 30.6 Å². The maximum Gasteiger partial charge on any atom is 0.221 e. The molecular weight excluding hydrogens is 355 g/mol. The van der Waals surface area contributed by atoms with Crippen LogP contribution in [0.5, 0.6) is 0 Å². The molecule has 0 fully saturated rings. The maximum atomic E-state index is 12.9. The number of ketones is 1. The minimum atomic E-state index is -0.243. The molecule has 1 N–H and O–H groups in total. The molecule has 0 aliphatic rings. The predicted molar refractivity (Wildman–Crippen MR) is 93.8 cm³/mol. The number of halogens is 2. The number of fused-ring (bicyclic) bond motifs is 1. The van der Waals surface area contributed by atoms with E-state index in [1.165, 1.54) is 24.3 Å². The summed E-state index contributed by atoms with van der Waals surface area (Å²) in [6.07, 6.45) is 3.27. The van der Waals surface area contributed by atoms with Gasteiger partial charge in [0.2, 0.25) is 5.91 Å². The molecular formula is C16H10Cl2N2O2S. The Hall–Kier alpha value is -1.95. The van der Waals surface area contributed by atoms with Crippen molar-refractivity contribution in [3.05, 3.63) is 57.8 Å². The largest absolute Gasteiger partial charge is 0.317 e. The van der Waals surface area contributed by atoms with Crippen molar-refractivity contribution in [3.8, 4) is 0 Å². The molecule has 2 heterocycles. The van der Waals surface area contributed by atoms with Crippen LogP contribution in [0, 0.1) is 0 Å². The first kappa shape index (κ1) is 15.9. The van der Waals surface area contributed by atoms with Crippen LogP contribution in [0.4, 0.5) is 5.00 Å². The first-order valence-electron chi connectivity index (χ1n) is 6.61. The van der Waals surface area contributed by atoms with E-state index in [0.717, 1.165) is 10.1 Å². The van der Waals surface area contributed by atoms with E-state index >= 15 is 0 Å². The second kappa shape index (κ2) is 6.28. The number of rotatable bonds is 3. The van der Waals surface area contributed by atoms with E-state index in [9.17, 15) is 9.59 Å². The Balaban J connectivity index is 2.18. The fraction of sp³-hybridized carbons (Fsp3) is 0.0625. The monoisotopic (exact) mass is 364 g/mol. The van der Waals surface area contributed by atoms with Gasteiger partial charge in [-0.3, -0.25) is 14.6 Å². The molecule has 3 rings (SSSR count). The Morgan fingerprint density at radius 3 is 2.65 bits per heavy atom. The predicted octanol–water partition coefficient (Wildman–Crippen LogP) is 4.79. The molecule has 0 saturated carbocycles. The Morgan fingerprint density at radius 1 is 1.17 bits per heavy atom. The molecule has 4 nitrogen and oxygen atoms in total. The Kier molecular flexibility index (Phi) is 4.35. The molecule has 0 spiro atoms. The van der Waals surface area contributed by atoms with Gasteiger partial charge in [0.15, 0.2) is 5.78 Å². The summed E-state index contributed by atoms with van der Waals surface area (Å²) >= 11 is 13.2. The third-order valence-corrected chi connectivity index (χ3v) is 4.99. The van der Waals surface area contributed by atoms with Gasteiger partial charge in [-0.05, 0) is 24.3 Å². The standard InChI is InChI=1S/C16H10Cl2N2O2S/c1-8(21)20-16-14(10-4-5-19-7-13(10)23-16)15(22)9-2-3-11(17)12(18)6-9/h2-7H,1H3,(H,20,21). The third kappa shape index (κ3) is 3.08. The lowest BCUT2D eigenvalue weighted by molar-refractivity contribution is -0.114. The average Bonchev–Trinajstić information content (AvgIpc) is 2.86. The normalized spacial score (nSPS) is 10.7. The lowest BCUT2D eigenvalue weighted by Gasteiger charge is -2.06. The second-order valence-electron chi connectivity index (χ2n) is 4.82. The summed E-state index contributed by atoms with van der Waals surface area (Å²) in [5.74, 6) is -0.475. The zero-order valence-corrected chi connectivity index (χ0v) is 14.2. The molecule has 0 bridgehead atoms. The van der Waals surface area contributed by atoms with Crippen molar-refractivity contribution in [2.45, 2.75) is 6.92 Å². The number of thiophene rings is 1. The van der Waals surface area contributed by atoms with Gasteiger partial charge in [0.25, 0.3) is 0 Å². The van der Waals surface area contributed by atoms with Gasteiger partial charge in [0, 0.05) is 30.3 Å². The summed E-state index contributed by atoms with van der Waals surface area (Å²) in [5, 5.41) is 4.63. The summed E-state index contributed by atoms with van der Waals surface area (Å²) in [6, 6.07) is 6.46. The van der Waals surface area contributed by atoms with Gasteiger partial charge in [-0.15, -0.1) is 11.3 Å². The Bertz CT molecular complexity index is 937. The number of pyridine rings is 1. The number of hydrogen-bond acceptors (Lipinski definition) is 4. The fourth-order valence-electron chi connectivity index (χ4n) is 2.21. The number of nitrogens with zero attached hydrogens (tertiary/aromatic N) is 1. The SMILES string of the molecule is CC(=O)Nc1sc2cnccc2c1C(=O)c1ccc(Cl)c(Cl)c1. The zero-order chi connectivity index (χ0) is 16.6. The zero-order valence-electron chi connectivity index (χ0n) is 11.9. The summed E-state index contributed by atoms with van der Waals surface area (Å²) < 4.78 is 0.819. The highest BCUT2D eigenvalue weighted by molar-refractivity contribution is 7.23. The number of hydrogen-bond donors (Lipinski definition) is 1. The van der Waals surface area contributed by atoms with Crippen molar-refractivity contribution in [1.29, 1.82) is 0 Å². The van der Waals surface area contributed by atoms with Crippen LogP contribution < -0.4 is 5.32 Å². The minimum Gasteiger partial charge on any atom is -0.317 e. The van der Waals surface area contributed by atoms with Crippen LogP contribution in [-0.4, -0.2) is 16.7 Å². The molecule has 0 unspecified atom stereocenters. The smallest absolute Gasteiger partial charge is 0.221 e. The average molecular weight is 365 g/mol. The number of nitrogens with one attached hydrogen (secondary N) is 1. The van der Waals surface area contributed by atoms with Crippen LogP contribution in [0.3, 0.4) is 0 Å². The van der Waals surface area contributed by atoms with E-state index in [0.29, 0.717) is 26.2 Å². The summed E-state index contributed by atoms with van der Waals surface area (Å²) in [7, 11) is 0. The van der Waals surface area contributed by atoms with E-state index in [1.807, 2.05) is 0 Å². The van der Waals surface area contributed by atoms with Gasteiger partial charge in [-0.25, -0.2) is 0 Å². The molecule has 116 valence electrons. The lowest BCUT2D eigenvalue weighted by Crippen LogP contribution is -2.09. The second-order valence-corrected chi connectivity index (χ2v) is 6.68. The van der Waals surface area contributed by atoms with Gasteiger partial charge in [-0.1, -0.05) is 23.2 Å². The number of anilines is 1. The van der Waals surface area contributed by atoms with Crippen molar-refractivity contribution in [2.75, 3.05) is 5.32 Å². The molecule has 0 aliphatic heterocycles. The van der Waals surface area contributed by atoms with Crippen LogP contribution in [0.15, 0.2) is 36.7 Å². The molecule has 0 atom stereocenters. The Labute approximate surface area is 146 Å². The molecule has 0 aliphatic carbocycles. The third-order valence-electron chi connectivity index (χ3n) is 3.19. The van der Waals surface area contributed by atoms with Gasteiger partial charge in [-0.2, -0.15) is 0 Å². The summed E-state index contributed by atoms with van der Waals surface area (Å²) in [6.45, 7) is 1.40. The number of carbonyl (C=O) groups is 2. The molecule has 7 heteroatoms. The number of aromatic nitrogens is 1. The highest BCUT2D eigenvalue weighted by Gasteiger charge is 2.21. The summed E-state index contributed by atoms with van der Waals surface area (Å²) in [4.78, 5) is 28.4. The van der Waals surface area contributed by atoms with Gasteiger partial charge in [0.1, 0.15) is 5.00 Å². The van der Waals surface area contributed by atoms with Crippen molar-refractivity contribution in [1.82, 2.24) is 4.98 Å². The van der Waals surface area contributed by atoms with Crippen LogP contribution >= 0.6 is 34.5 Å². The number of benzene rings is 1. The van der Waals surface area contributed by atoms with E-state index in [2.05, 4.69) is 10.3 Å². The minimum absolute atomic E-state index is 0.232. The first-order valence-corrected chi connectivity index (χ1v) is 8.18. The molecule has 1 aromatic carbocycles. The van der Waals surface area contributed by atoms with Crippen molar-refractivity contribution in [3.63, 3.8) is 0 Å². The highest BCUT2D eigenvalue weighted by Crippen LogP contribution is 2.37. The van der Waals surface area contributed by atoms with Gasteiger partial charge < -0.3 is 5.32 Å². The van der Waals surface area contributed by atoms with Crippen LogP contribution in [0.2, 0.25) is 10.0 Å². The Morgan fingerprint density at radius 2 is 1.96 bits per heavy atom. The topological polar surface area (TPSA) is 59.1 Å².